The molecule has 5 N–H and O–H groups in total. The molecular weight excluding hydrogens is 396 g/mol. The number of nitrogens with two attached hydrogens (primary N) is 1. The van der Waals surface area contributed by atoms with Gasteiger partial charge in [-0.2, -0.15) is 10.1 Å². The number of aliphatic hydroxyl groups is 1. The number of hydrogen-bond donors (Lipinski definition) is 4. The van der Waals surface area contributed by atoms with Crippen LogP contribution in [0.2, 0.25) is 0 Å². The maximum Gasteiger partial charge on any atom is 0.248 e. The van der Waals surface area contributed by atoms with Gasteiger partial charge in [-0.1, -0.05) is 18.2 Å². The molecule has 0 atom stereocenters. The van der Waals surface area contributed by atoms with E-state index < -0.39 is 0 Å². The Kier molecular flexibility index (Phi) is 7.44. The first kappa shape index (κ1) is 21.7. The smallest absolute Gasteiger partial charge is 0.248 e. The number of benzene rings is 1. The maximum atomic E-state index is 11.8. The molecule has 1 aromatic carbocycles. The molecule has 0 aliphatic carbocycles. The number of aliphatic imine (C=N–C) groups is 1. The standard InChI is InChI=1S/C21H24N8O2/c1-2-4-19(31)26-17-6-3-5-15(9-17)14-29-20-16(12-25-29)11-24-21(28-20)27-18(10-22)13-23-7-8-30/h2-6,9-13,30H,7-8,14,22H2,1H3,(H,26,31)(H,24,27,28)/b4-2+,18-10?,23-13?. The molecule has 0 saturated carbocycles. The van der Waals surface area contributed by atoms with Crippen molar-refractivity contribution in [3.05, 3.63) is 66.3 Å². The highest BCUT2D eigenvalue weighted by molar-refractivity contribution is 5.99. The summed E-state index contributed by atoms with van der Waals surface area (Å²) in [5, 5.41) is 19.8. The van der Waals surface area contributed by atoms with Crippen LogP contribution < -0.4 is 16.4 Å². The van der Waals surface area contributed by atoms with Crippen LogP contribution in [-0.4, -0.2) is 50.1 Å². The number of allylic oxidation sites excluding steroid dienone is 2. The lowest BCUT2D eigenvalue weighted by atomic mass is 10.2. The largest absolute Gasteiger partial charge is 0.403 e. The summed E-state index contributed by atoms with van der Waals surface area (Å²) in [6.45, 7) is 2.49. The summed E-state index contributed by atoms with van der Waals surface area (Å²) in [6.07, 6.45) is 9.37. The minimum Gasteiger partial charge on any atom is -0.403 e. The molecule has 160 valence electrons. The fraction of sp³-hybridized carbons (Fsp3) is 0.190. The van der Waals surface area contributed by atoms with Crippen molar-refractivity contribution >= 4 is 34.8 Å². The highest BCUT2D eigenvalue weighted by atomic mass is 16.3. The quantitative estimate of drug-likeness (QED) is 0.304. The van der Waals surface area contributed by atoms with Gasteiger partial charge in [-0.25, -0.2) is 9.67 Å². The Hall–Kier alpha value is -4.05. The van der Waals surface area contributed by atoms with E-state index in [0.717, 1.165) is 10.9 Å². The summed E-state index contributed by atoms with van der Waals surface area (Å²) in [6, 6.07) is 7.54. The molecule has 0 radical (unpaired) electrons. The molecule has 0 fully saturated rings. The molecule has 0 spiro atoms. The number of aliphatic hydroxyl groups excluding tert-OH is 1. The Bertz CT molecular complexity index is 1130. The van der Waals surface area contributed by atoms with E-state index in [9.17, 15) is 4.79 Å². The first-order chi connectivity index (χ1) is 15.1. The molecule has 0 aliphatic rings. The van der Waals surface area contributed by atoms with Crippen LogP contribution >= 0.6 is 0 Å². The molecule has 0 unspecified atom stereocenters. The van der Waals surface area contributed by atoms with Crippen molar-refractivity contribution in [1.82, 2.24) is 19.7 Å². The molecule has 31 heavy (non-hydrogen) atoms. The Morgan fingerprint density at radius 1 is 1.32 bits per heavy atom. The van der Waals surface area contributed by atoms with Gasteiger partial charge in [-0.05, 0) is 30.7 Å². The lowest BCUT2D eigenvalue weighted by molar-refractivity contribution is -0.111. The van der Waals surface area contributed by atoms with Crippen LogP contribution in [0.15, 0.2) is 65.7 Å². The van der Waals surface area contributed by atoms with Crippen LogP contribution in [0.25, 0.3) is 11.0 Å². The van der Waals surface area contributed by atoms with Crippen LogP contribution in [0, 0.1) is 0 Å². The first-order valence-corrected chi connectivity index (χ1v) is 9.63. The average Bonchev–Trinajstić information content (AvgIpc) is 3.15. The van der Waals surface area contributed by atoms with Crippen molar-refractivity contribution in [2.24, 2.45) is 10.7 Å². The number of amides is 1. The lowest BCUT2D eigenvalue weighted by Gasteiger charge is -2.08. The topological polar surface area (TPSA) is 143 Å². The van der Waals surface area contributed by atoms with Gasteiger partial charge in [-0.3, -0.25) is 9.79 Å². The predicted octanol–water partition coefficient (Wildman–Crippen LogP) is 1.66. The number of carbonyl (C=O) groups is 1. The van der Waals surface area contributed by atoms with Gasteiger partial charge in [0.15, 0.2) is 5.65 Å². The highest BCUT2D eigenvalue weighted by Crippen LogP contribution is 2.17. The van der Waals surface area contributed by atoms with E-state index in [1.54, 1.807) is 30.1 Å². The molecule has 2 heterocycles. The Labute approximate surface area is 179 Å². The summed E-state index contributed by atoms with van der Waals surface area (Å²) < 4.78 is 1.75. The first-order valence-electron chi connectivity index (χ1n) is 9.63. The van der Waals surface area contributed by atoms with Gasteiger partial charge in [0.1, 0.15) is 0 Å². The molecule has 10 nitrogen and oxygen atoms in total. The molecule has 1 amide bonds. The Morgan fingerprint density at radius 2 is 2.19 bits per heavy atom. The van der Waals surface area contributed by atoms with E-state index in [1.165, 1.54) is 18.5 Å². The third-order valence-electron chi connectivity index (χ3n) is 4.12. The zero-order chi connectivity index (χ0) is 22.1. The fourth-order valence-corrected chi connectivity index (χ4v) is 2.76. The predicted molar refractivity (Wildman–Crippen MR) is 121 cm³/mol. The van der Waals surface area contributed by atoms with Crippen LogP contribution in [0.5, 0.6) is 0 Å². The summed E-state index contributed by atoms with van der Waals surface area (Å²) in [7, 11) is 0. The second-order valence-electron chi connectivity index (χ2n) is 6.47. The summed E-state index contributed by atoms with van der Waals surface area (Å²) in [5.74, 6) is 0.160. The SMILES string of the molecule is C/C=C/C(=O)Nc1cccc(Cn2ncc3cnc(NC(C=NCCO)=CN)nc32)c1. The second kappa shape index (κ2) is 10.6. The van der Waals surface area contributed by atoms with Crippen molar-refractivity contribution in [2.45, 2.75) is 13.5 Å². The van der Waals surface area contributed by atoms with Crippen molar-refractivity contribution in [3.8, 4) is 0 Å². The van der Waals surface area contributed by atoms with Crippen molar-refractivity contribution in [2.75, 3.05) is 23.8 Å². The van der Waals surface area contributed by atoms with E-state index in [1.807, 2.05) is 24.3 Å². The molecule has 0 saturated heterocycles. The van der Waals surface area contributed by atoms with Gasteiger partial charge in [-0.15, -0.1) is 0 Å². The van der Waals surface area contributed by atoms with Crippen LogP contribution in [0.4, 0.5) is 11.6 Å². The van der Waals surface area contributed by atoms with Crippen molar-refractivity contribution in [1.29, 1.82) is 0 Å². The third kappa shape index (κ3) is 5.97. The normalized spacial score (nSPS) is 12.1. The number of hydrogen-bond acceptors (Lipinski definition) is 8. The number of carbonyl (C=O) groups excluding carboxylic acids is 1. The monoisotopic (exact) mass is 420 g/mol. The molecule has 10 heteroatoms. The molecular formula is C21H24N8O2. The highest BCUT2D eigenvalue weighted by Gasteiger charge is 2.09. The van der Waals surface area contributed by atoms with Gasteiger partial charge in [0.2, 0.25) is 11.9 Å². The second-order valence-corrected chi connectivity index (χ2v) is 6.47. The average molecular weight is 420 g/mol. The van der Waals surface area contributed by atoms with E-state index in [-0.39, 0.29) is 19.1 Å². The number of anilines is 2. The van der Waals surface area contributed by atoms with E-state index in [0.29, 0.717) is 29.5 Å². The van der Waals surface area contributed by atoms with E-state index >= 15 is 0 Å². The van der Waals surface area contributed by atoms with Crippen LogP contribution in [0.1, 0.15) is 12.5 Å². The van der Waals surface area contributed by atoms with E-state index in [2.05, 4.69) is 30.7 Å². The fourth-order valence-electron chi connectivity index (χ4n) is 2.76. The number of aromatic nitrogens is 4. The number of rotatable bonds is 9. The van der Waals surface area contributed by atoms with E-state index in [4.69, 9.17) is 10.8 Å². The molecule has 3 rings (SSSR count). The Balaban J connectivity index is 1.79. The van der Waals surface area contributed by atoms with Crippen molar-refractivity contribution in [3.63, 3.8) is 0 Å². The zero-order valence-electron chi connectivity index (χ0n) is 17.1. The van der Waals surface area contributed by atoms with Crippen LogP contribution in [-0.2, 0) is 11.3 Å². The summed E-state index contributed by atoms with van der Waals surface area (Å²) >= 11 is 0. The molecule has 0 bridgehead atoms. The Morgan fingerprint density at radius 3 is 2.97 bits per heavy atom. The van der Waals surface area contributed by atoms with Gasteiger partial charge in [0.05, 0.1) is 37.0 Å². The minimum atomic E-state index is -0.182. The minimum absolute atomic E-state index is 0.0455. The number of nitrogens with one attached hydrogen (secondary N) is 2. The maximum absolute atomic E-state index is 11.8. The zero-order valence-corrected chi connectivity index (χ0v) is 17.1. The third-order valence-corrected chi connectivity index (χ3v) is 4.12. The van der Waals surface area contributed by atoms with Crippen molar-refractivity contribution < 1.29 is 9.90 Å². The number of fused-ring (bicyclic) bond motifs is 1. The van der Waals surface area contributed by atoms with Crippen LogP contribution in [0.3, 0.4) is 0 Å². The van der Waals surface area contributed by atoms with Gasteiger partial charge < -0.3 is 21.5 Å². The van der Waals surface area contributed by atoms with Gasteiger partial charge in [0.25, 0.3) is 0 Å². The van der Waals surface area contributed by atoms with Gasteiger partial charge >= 0.3 is 0 Å². The molecule has 0 aliphatic heterocycles. The summed E-state index contributed by atoms with van der Waals surface area (Å²) in [5.41, 5.74) is 8.41. The lowest BCUT2D eigenvalue weighted by Crippen LogP contribution is -2.10. The molecule has 2 aromatic heterocycles. The number of nitrogens with zero attached hydrogens (tertiary/aromatic N) is 5. The summed E-state index contributed by atoms with van der Waals surface area (Å²) in [4.78, 5) is 24.6. The molecule has 3 aromatic rings. The van der Waals surface area contributed by atoms with Gasteiger partial charge in [0, 0.05) is 24.3 Å².